The number of ether oxygens (including phenoxy) is 1. The molecule has 5 rings (SSSR count). The molecule has 9 nitrogen and oxygen atoms in total. The Bertz CT molecular complexity index is 1190. The number of rotatable bonds is 5. The fraction of sp³-hybridized carbons (Fsp3) is 0.577. The van der Waals surface area contributed by atoms with E-state index in [0.717, 1.165) is 29.2 Å². The first-order valence-electron chi connectivity index (χ1n) is 12.8. The highest BCUT2D eigenvalue weighted by atomic mass is 19.4. The van der Waals surface area contributed by atoms with Crippen molar-refractivity contribution in [2.24, 2.45) is 0 Å². The van der Waals surface area contributed by atoms with Crippen LogP contribution in [0.15, 0.2) is 30.5 Å². The third kappa shape index (κ3) is 4.98. The van der Waals surface area contributed by atoms with Gasteiger partial charge in [-0.2, -0.15) is 23.0 Å². The van der Waals surface area contributed by atoms with Crippen LogP contribution >= 0.6 is 0 Å². The predicted octanol–water partition coefficient (Wildman–Crippen LogP) is 3.92. The van der Waals surface area contributed by atoms with Gasteiger partial charge in [-0.15, -0.1) is 0 Å². The van der Waals surface area contributed by atoms with Gasteiger partial charge in [-0.05, 0) is 63.4 Å². The quantitative estimate of drug-likeness (QED) is 0.621. The molecule has 0 aliphatic carbocycles. The highest BCUT2D eigenvalue weighted by molar-refractivity contribution is 5.86. The summed E-state index contributed by atoms with van der Waals surface area (Å²) in [6, 6.07) is 5.11. The van der Waals surface area contributed by atoms with Crippen molar-refractivity contribution < 1.29 is 32.6 Å². The summed E-state index contributed by atoms with van der Waals surface area (Å²) >= 11 is 0. The molecule has 1 N–H and O–H groups in total. The Kier molecular flexibility index (Phi) is 6.89. The van der Waals surface area contributed by atoms with E-state index in [0.29, 0.717) is 51.4 Å². The van der Waals surface area contributed by atoms with Gasteiger partial charge >= 0.3 is 18.2 Å². The van der Waals surface area contributed by atoms with Crippen LogP contribution in [0.25, 0.3) is 0 Å². The molecule has 4 heterocycles. The van der Waals surface area contributed by atoms with E-state index in [1.54, 1.807) is 11.0 Å². The first-order valence-corrected chi connectivity index (χ1v) is 12.8. The van der Waals surface area contributed by atoms with Crippen molar-refractivity contribution in [1.82, 2.24) is 19.6 Å². The monoisotopic (exact) mass is 535 g/mol. The van der Waals surface area contributed by atoms with Gasteiger partial charge in [0.15, 0.2) is 5.69 Å². The van der Waals surface area contributed by atoms with Gasteiger partial charge in [-0.3, -0.25) is 4.90 Å². The van der Waals surface area contributed by atoms with E-state index >= 15 is 0 Å². The van der Waals surface area contributed by atoms with Crippen molar-refractivity contribution in [3.05, 3.63) is 47.3 Å². The summed E-state index contributed by atoms with van der Waals surface area (Å²) in [6.45, 7) is 4.52. The average Bonchev–Trinajstić information content (AvgIpc) is 3.46. The second-order valence-electron chi connectivity index (χ2n) is 10.7. The Morgan fingerprint density at radius 1 is 1.16 bits per heavy atom. The Hall–Kier alpha value is -3.12. The van der Waals surface area contributed by atoms with Crippen molar-refractivity contribution in [3.63, 3.8) is 0 Å². The highest BCUT2D eigenvalue weighted by Gasteiger charge is 2.41. The summed E-state index contributed by atoms with van der Waals surface area (Å²) < 4.78 is 47.6. The maximum absolute atomic E-state index is 13.6. The summed E-state index contributed by atoms with van der Waals surface area (Å²) in [7, 11) is 1.97. The molecule has 3 aliphatic heterocycles. The number of hydrogen-bond acceptors (Lipinski definition) is 6. The van der Waals surface area contributed by atoms with Crippen LogP contribution in [0.1, 0.15) is 54.2 Å². The van der Waals surface area contributed by atoms with Crippen LogP contribution in [-0.4, -0.2) is 87.7 Å². The number of likely N-dealkylation sites (tertiary alicyclic amines) is 1. The molecule has 0 spiro atoms. The van der Waals surface area contributed by atoms with Crippen molar-refractivity contribution in [2.45, 2.75) is 63.0 Å². The van der Waals surface area contributed by atoms with E-state index in [1.165, 1.54) is 18.3 Å². The molecule has 3 fully saturated rings. The zero-order chi connectivity index (χ0) is 27.2. The fourth-order valence-corrected chi connectivity index (χ4v) is 5.83. The molecule has 3 aliphatic rings. The summed E-state index contributed by atoms with van der Waals surface area (Å²) in [6.07, 6.45) is 0.0401. The lowest BCUT2D eigenvalue weighted by atomic mass is 9.87. The van der Waals surface area contributed by atoms with E-state index in [-0.39, 0.29) is 29.3 Å². The van der Waals surface area contributed by atoms with Crippen molar-refractivity contribution in [2.75, 3.05) is 38.3 Å². The maximum Gasteiger partial charge on any atom is 0.416 e. The number of amides is 1. The molecule has 1 amide bonds. The molecular formula is C26H32F3N5O4. The molecule has 2 aromatic rings. The van der Waals surface area contributed by atoms with E-state index in [2.05, 4.69) is 21.8 Å². The SMILES string of the molecule is CN(Cc1ccc(C(F)(F)F)cc1N1C2CCC1COC2)C1(C)CCN(C(=O)n2ccc(C(=O)O)n2)CC1. The van der Waals surface area contributed by atoms with Crippen LogP contribution in [0, 0.1) is 0 Å². The predicted molar refractivity (Wildman–Crippen MR) is 132 cm³/mol. The van der Waals surface area contributed by atoms with Gasteiger partial charge in [0.2, 0.25) is 0 Å². The number of alkyl halides is 3. The van der Waals surface area contributed by atoms with Crippen molar-refractivity contribution in [1.29, 1.82) is 0 Å². The zero-order valence-electron chi connectivity index (χ0n) is 21.4. The molecule has 1 aromatic heterocycles. The molecule has 0 saturated carbocycles. The molecule has 1 aromatic carbocycles. The van der Waals surface area contributed by atoms with Gasteiger partial charge < -0.3 is 19.6 Å². The van der Waals surface area contributed by atoms with E-state index in [1.807, 2.05) is 7.05 Å². The van der Waals surface area contributed by atoms with Gasteiger partial charge in [0.1, 0.15) is 0 Å². The van der Waals surface area contributed by atoms with Crippen LogP contribution in [0.4, 0.5) is 23.7 Å². The van der Waals surface area contributed by atoms with Crippen molar-refractivity contribution in [3.8, 4) is 0 Å². The summed E-state index contributed by atoms with van der Waals surface area (Å²) in [5.74, 6) is -1.20. The summed E-state index contributed by atoms with van der Waals surface area (Å²) in [5, 5.41) is 12.9. The largest absolute Gasteiger partial charge is 0.476 e. The van der Waals surface area contributed by atoms with Gasteiger partial charge in [-0.1, -0.05) is 6.07 Å². The van der Waals surface area contributed by atoms with Crippen LogP contribution in [0.3, 0.4) is 0 Å². The molecule has 2 atom stereocenters. The zero-order valence-corrected chi connectivity index (χ0v) is 21.4. The molecule has 12 heteroatoms. The number of aromatic nitrogens is 2. The number of carboxylic acids is 1. The van der Waals surface area contributed by atoms with Gasteiger partial charge in [0.05, 0.1) is 30.9 Å². The number of nitrogens with zero attached hydrogens (tertiary/aromatic N) is 5. The molecule has 2 bridgehead atoms. The number of carbonyl (C=O) groups is 2. The topological polar surface area (TPSA) is 91.1 Å². The average molecular weight is 536 g/mol. The van der Waals surface area contributed by atoms with E-state index in [4.69, 9.17) is 9.84 Å². The van der Waals surface area contributed by atoms with Crippen LogP contribution in [-0.2, 0) is 17.5 Å². The van der Waals surface area contributed by atoms with E-state index < -0.39 is 17.7 Å². The van der Waals surface area contributed by atoms with Crippen LogP contribution in [0.5, 0.6) is 0 Å². The molecular weight excluding hydrogens is 503 g/mol. The lowest BCUT2D eigenvalue weighted by molar-refractivity contribution is -0.137. The first-order chi connectivity index (χ1) is 18.0. The highest BCUT2D eigenvalue weighted by Crippen LogP contribution is 2.41. The molecule has 206 valence electrons. The number of fused-ring (bicyclic) bond motifs is 2. The Labute approximate surface area is 218 Å². The normalized spacial score (nSPS) is 23.2. The second-order valence-corrected chi connectivity index (χ2v) is 10.7. The third-order valence-corrected chi connectivity index (χ3v) is 8.38. The molecule has 0 radical (unpaired) electrons. The van der Waals surface area contributed by atoms with E-state index in [9.17, 15) is 22.8 Å². The number of piperidine rings is 1. The Balaban J connectivity index is 1.31. The van der Waals surface area contributed by atoms with Gasteiger partial charge in [0, 0.05) is 37.1 Å². The standard InChI is InChI=1S/C26H32F3N5O4/c1-25(8-11-32(12-9-25)24(37)33-10-7-21(30-33)23(35)36)31(2)14-17-3-4-18(26(27,28)29)13-22(17)34-19-5-6-20(34)16-38-15-19/h3-4,7,10,13,19-20H,5-6,8-9,11-12,14-16H2,1-2H3,(H,35,36). The lowest BCUT2D eigenvalue weighted by Crippen LogP contribution is -2.53. The number of hydrogen-bond donors (Lipinski definition) is 1. The minimum Gasteiger partial charge on any atom is -0.476 e. The maximum atomic E-state index is 13.6. The van der Waals surface area contributed by atoms with Crippen LogP contribution < -0.4 is 4.90 Å². The minimum atomic E-state index is -4.42. The summed E-state index contributed by atoms with van der Waals surface area (Å²) in [5.41, 5.74) is 0.355. The van der Waals surface area contributed by atoms with Crippen molar-refractivity contribution >= 4 is 17.7 Å². The lowest BCUT2D eigenvalue weighted by Gasteiger charge is -2.46. The third-order valence-electron chi connectivity index (χ3n) is 8.38. The molecule has 38 heavy (non-hydrogen) atoms. The Morgan fingerprint density at radius 2 is 1.82 bits per heavy atom. The van der Waals surface area contributed by atoms with Gasteiger partial charge in [0.25, 0.3) is 0 Å². The van der Waals surface area contributed by atoms with Crippen LogP contribution in [0.2, 0.25) is 0 Å². The number of halogens is 3. The minimum absolute atomic E-state index is 0.0788. The number of morpholine rings is 1. The number of aromatic carboxylic acids is 1. The molecule has 2 unspecified atom stereocenters. The molecule has 3 saturated heterocycles. The number of benzene rings is 1. The number of anilines is 1. The Morgan fingerprint density at radius 3 is 2.39 bits per heavy atom. The smallest absolute Gasteiger partial charge is 0.416 e. The van der Waals surface area contributed by atoms with Gasteiger partial charge in [-0.25, -0.2) is 9.59 Å². The second kappa shape index (κ2) is 9.88. The first kappa shape index (κ1) is 26.5. The number of carboxylic acid groups (broad SMARTS) is 1. The number of carbonyl (C=O) groups excluding carboxylic acids is 1. The fourth-order valence-electron chi connectivity index (χ4n) is 5.83. The summed E-state index contributed by atoms with van der Waals surface area (Å²) in [4.78, 5) is 29.9.